The van der Waals surface area contributed by atoms with E-state index in [1.54, 1.807) is 0 Å². The van der Waals surface area contributed by atoms with Crippen molar-refractivity contribution >= 4 is 41.5 Å². The van der Waals surface area contributed by atoms with Crippen molar-refractivity contribution in [2.75, 3.05) is 58.7 Å². The molecule has 1 aliphatic heterocycles. The van der Waals surface area contributed by atoms with Crippen LogP contribution in [0.15, 0.2) is 29.3 Å². The number of aliphatic imine (C=N–C) groups is 1. The van der Waals surface area contributed by atoms with Gasteiger partial charge in [-0.2, -0.15) is 0 Å². The van der Waals surface area contributed by atoms with Crippen LogP contribution in [-0.4, -0.2) is 75.0 Å². The highest BCUT2D eigenvalue weighted by Gasteiger charge is 2.09. The molecule has 1 aromatic rings. The van der Waals surface area contributed by atoms with Crippen LogP contribution in [0.5, 0.6) is 0 Å². The highest BCUT2D eigenvalue weighted by Crippen LogP contribution is 2.12. The Morgan fingerprint density at radius 3 is 2.62 bits per heavy atom. The molecule has 0 aliphatic carbocycles. The SMILES string of the molecule is CCNC(=NCc1cccc(NC(=O)CN(C)C)c1)NCCN1CCCCC1.I. The number of piperidine rings is 1. The predicted molar refractivity (Wildman–Crippen MR) is 132 cm³/mol. The summed E-state index contributed by atoms with van der Waals surface area (Å²) in [5.41, 5.74) is 1.87. The van der Waals surface area contributed by atoms with Crippen LogP contribution >= 0.6 is 24.0 Å². The number of amides is 1. The minimum atomic E-state index is -0.0154. The second-order valence-electron chi connectivity index (χ2n) is 7.51. The monoisotopic (exact) mass is 516 g/mol. The number of hydrogen-bond donors (Lipinski definition) is 3. The molecule has 0 unspecified atom stereocenters. The van der Waals surface area contributed by atoms with E-state index in [0.29, 0.717) is 13.1 Å². The first kappa shape index (κ1) is 25.6. The minimum Gasteiger partial charge on any atom is -0.357 e. The molecule has 0 bridgehead atoms. The second-order valence-corrected chi connectivity index (χ2v) is 7.51. The third-order valence-corrected chi connectivity index (χ3v) is 4.60. The molecule has 7 nitrogen and oxygen atoms in total. The van der Waals surface area contributed by atoms with Gasteiger partial charge in [-0.05, 0) is 64.6 Å². The van der Waals surface area contributed by atoms with Crippen LogP contribution in [0.25, 0.3) is 0 Å². The van der Waals surface area contributed by atoms with Crippen molar-refractivity contribution in [3.63, 3.8) is 0 Å². The maximum atomic E-state index is 11.9. The lowest BCUT2D eigenvalue weighted by molar-refractivity contribution is -0.116. The lowest BCUT2D eigenvalue weighted by atomic mass is 10.1. The standard InChI is InChI=1S/C21H36N6O.HI/c1-4-22-21(23-11-14-27-12-6-5-7-13-27)24-16-18-9-8-10-19(15-18)25-20(28)17-26(2)3;/h8-10,15H,4-7,11-14,16-17H2,1-3H3,(H,25,28)(H2,22,23,24);1H. The van der Waals surface area contributed by atoms with Gasteiger partial charge in [0.25, 0.3) is 0 Å². The second kappa shape index (κ2) is 14.6. The van der Waals surface area contributed by atoms with Gasteiger partial charge in [-0.25, -0.2) is 4.99 Å². The molecule has 1 saturated heterocycles. The Kier molecular flexibility index (Phi) is 12.9. The molecule has 1 amide bonds. The van der Waals surface area contributed by atoms with Gasteiger partial charge in [0.05, 0.1) is 13.1 Å². The Bertz CT molecular complexity index is 631. The van der Waals surface area contributed by atoms with Crippen LogP contribution in [0.1, 0.15) is 31.7 Å². The van der Waals surface area contributed by atoms with E-state index in [2.05, 4.69) is 32.8 Å². The molecule has 3 N–H and O–H groups in total. The lowest BCUT2D eigenvalue weighted by Crippen LogP contribution is -2.42. The fourth-order valence-electron chi connectivity index (χ4n) is 3.26. The van der Waals surface area contributed by atoms with E-state index in [-0.39, 0.29) is 29.9 Å². The van der Waals surface area contributed by atoms with Crippen LogP contribution in [0.4, 0.5) is 5.69 Å². The molecular formula is C21H37IN6O. The van der Waals surface area contributed by atoms with Gasteiger partial charge >= 0.3 is 0 Å². The molecular weight excluding hydrogens is 479 g/mol. The maximum absolute atomic E-state index is 11.9. The van der Waals surface area contributed by atoms with E-state index < -0.39 is 0 Å². The Morgan fingerprint density at radius 2 is 1.93 bits per heavy atom. The Balaban J connectivity index is 0.00000420. The Morgan fingerprint density at radius 1 is 1.17 bits per heavy atom. The maximum Gasteiger partial charge on any atom is 0.238 e. The molecule has 1 aromatic carbocycles. The number of likely N-dealkylation sites (N-methyl/N-ethyl adjacent to an activating group) is 1. The summed E-state index contributed by atoms with van der Waals surface area (Å²) in [5, 5.41) is 9.66. The zero-order chi connectivity index (χ0) is 20.2. The molecule has 164 valence electrons. The third kappa shape index (κ3) is 10.8. The first-order valence-corrected chi connectivity index (χ1v) is 10.3. The average molecular weight is 516 g/mol. The van der Waals surface area contributed by atoms with Crippen molar-refractivity contribution in [3.05, 3.63) is 29.8 Å². The molecule has 0 saturated carbocycles. The van der Waals surface area contributed by atoms with Gasteiger partial charge in [0.2, 0.25) is 5.91 Å². The van der Waals surface area contributed by atoms with Gasteiger partial charge in [-0.1, -0.05) is 18.6 Å². The molecule has 1 fully saturated rings. The number of carbonyl (C=O) groups is 1. The number of rotatable bonds is 9. The molecule has 2 rings (SSSR count). The van der Waals surface area contributed by atoms with E-state index in [1.165, 1.54) is 32.4 Å². The van der Waals surface area contributed by atoms with Crippen LogP contribution in [0.3, 0.4) is 0 Å². The van der Waals surface area contributed by atoms with Gasteiger partial charge in [0, 0.05) is 25.3 Å². The highest BCUT2D eigenvalue weighted by atomic mass is 127. The minimum absolute atomic E-state index is 0. The number of nitrogens with one attached hydrogen (secondary N) is 3. The zero-order valence-corrected chi connectivity index (χ0v) is 20.4. The number of nitrogens with zero attached hydrogens (tertiary/aromatic N) is 3. The largest absolute Gasteiger partial charge is 0.357 e. The van der Waals surface area contributed by atoms with Crippen LogP contribution in [-0.2, 0) is 11.3 Å². The Labute approximate surface area is 192 Å². The topological polar surface area (TPSA) is 72.0 Å². The number of guanidine groups is 1. The molecule has 1 heterocycles. The fourth-order valence-corrected chi connectivity index (χ4v) is 3.26. The zero-order valence-electron chi connectivity index (χ0n) is 18.0. The number of carbonyl (C=O) groups excluding carboxylic acids is 1. The number of benzene rings is 1. The lowest BCUT2D eigenvalue weighted by Gasteiger charge is -2.26. The molecule has 8 heteroatoms. The van der Waals surface area contributed by atoms with E-state index in [4.69, 9.17) is 0 Å². The quantitative estimate of drug-likeness (QED) is 0.267. The van der Waals surface area contributed by atoms with Gasteiger partial charge in [-0.3, -0.25) is 4.79 Å². The fraction of sp³-hybridized carbons (Fsp3) is 0.619. The summed E-state index contributed by atoms with van der Waals surface area (Å²) in [7, 11) is 3.76. The van der Waals surface area contributed by atoms with E-state index in [0.717, 1.165) is 36.8 Å². The van der Waals surface area contributed by atoms with Gasteiger partial charge in [0.1, 0.15) is 0 Å². The predicted octanol–water partition coefficient (Wildman–Crippen LogP) is 2.35. The summed E-state index contributed by atoms with van der Waals surface area (Å²) >= 11 is 0. The molecule has 0 atom stereocenters. The van der Waals surface area contributed by atoms with Gasteiger partial charge < -0.3 is 25.8 Å². The first-order valence-electron chi connectivity index (χ1n) is 10.3. The van der Waals surface area contributed by atoms with Crippen molar-refractivity contribution in [1.82, 2.24) is 20.4 Å². The highest BCUT2D eigenvalue weighted by molar-refractivity contribution is 14.0. The number of likely N-dealkylation sites (tertiary alicyclic amines) is 1. The summed E-state index contributed by atoms with van der Waals surface area (Å²) in [4.78, 5) is 21.0. The van der Waals surface area contributed by atoms with Crippen molar-refractivity contribution in [1.29, 1.82) is 0 Å². The third-order valence-electron chi connectivity index (χ3n) is 4.60. The number of anilines is 1. The first-order chi connectivity index (χ1) is 13.6. The van der Waals surface area contributed by atoms with E-state index in [1.807, 2.05) is 43.3 Å². The van der Waals surface area contributed by atoms with Crippen LogP contribution < -0.4 is 16.0 Å². The summed E-state index contributed by atoms with van der Waals surface area (Å²) in [6.07, 6.45) is 3.99. The Hall–Kier alpha value is -1.39. The summed E-state index contributed by atoms with van der Waals surface area (Å²) < 4.78 is 0. The molecule has 1 aliphatic rings. The molecule has 0 aromatic heterocycles. The number of halogens is 1. The van der Waals surface area contributed by atoms with Gasteiger partial charge in [0.15, 0.2) is 5.96 Å². The molecule has 29 heavy (non-hydrogen) atoms. The summed E-state index contributed by atoms with van der Waals surface area (Å²) in [6.45, 7) is 8.21. The van der Waals surface area contributed by atoms with Crippen LogP contribution in [0.2, 0.25) is 0 Å². The van der Waals surface area contributed by atoms with Crippen LogP contribution in [0, 0.1) is 0 Å². The summed E-state index contributed by atoms with van der Waals surface area (Å²) in [6, 6.07) is 7.87. The van der Waals surface area contributed by atoms with Gasteiger partial charge in [-0.15, -0.1) is 24.0 Å². The van der Waals surface area contributed by atoms with Crippen molar-refractivity contribution in [2.45, 2.75) is 32.7 Å². The van der Waals surface area contributed by atoms with E-state index in [9.17, 15) is 4.79 Å². The van der Waals surface area contributed by atoms with Crippen molar-refractivity contribution in [2.24, 2.45) is 4.99 Å². The molecule has 0 spiro atoms. The normalized spacial score (nSPS) is 15.0. The smallest absolute Gasteiger partial charge is 0.238 e. The summed E-state index contributed by atoms with van der Waals surface area (Å²) in [5.74, 6) is 0.819. The van der Waals surface area contributed by atoms with Crippen molar-refractivity contribution < 1.29 is 4.79 Å². The number of hydrogen-bond acceptors (Lipinski definition) is 4. The van der Waals surface area contributed by atoms with Crippen molar-refractivity contribution in [3.8, 4) is 0 Å². The average Bonchev–Trinajstić information content (AvgIpc) is 2.66. The van der Waals surface area contributed by atoms with E-state index >= 15 is 0 Å². The molecule has 0 radical (unpaired) electrons.